The number of ketones is 1. The Kier molecular flexibility index (Phi) is 13.8. The average molecular weight is 753 g/mol. The zero-order chi connectivity index (χ0) is 39.2. The molecule has 5 rings (SSSR count). The first-order valence-electron chi connectivity index (χ1n) is 19.6. The summed E-state index contributed by atoms with van der Waals surface area (Å²) in [5.41, 5.74) is 11.6. The van der Waals surface area contributed by atoms with Crippen LogP contribution in [0, 0.1) is 18.3 Å². The van der Waals surface area contributed by atoms with Crippen molar-refractivity contribution in [3.63, 3.8) is 0 Å². The number of ether oxygens (including phenoxy) is 2. The molecule has 1 aliphatic heterocycles. The maximum atomic E-state index is 14.6. The third-order valence-electron chi connectivity index (χ3n) is 11.3. The summed E-state index contributed by atoms with van der Waals surface area (Å²) >= 11 is 0. The minimum absolute atomic E-state index is 0.0709. The van der Waals surface area contributed by atoms with Crippen molar-refractivity contribution in [2.24, 2.45) is 17.1 Å². The number of alkyl halides is 3. The number of cyclic esters (lactones) is 1. The number of pyridine rings is 1. The Hall–Kier alpha value is -3.54. The smallest absolute Gasteiger partial charge is 0.406 e. The quantitative estimate of drug-likeness (QED) is 0.250. The molecule has 0 fully saturated rings. The number of nitrogens with two attached hydrogens (primary N) is 1. The number of allylic oxidation sites excluding steroid dienone is 2. The summed E-state index contributed by atoms with van der Waals surface area (Å²) in [7, 11) is 3.29. The second kappa shape index (κ2) is 17.9. The number of benzene rings is 1. The van der Waals surface area contributed by atoms with Gasteiger partial charge >= 0.3 is 12.1 Å². The van der Waals surface area contributed by atoms with Gasteiger partial charge in [0, 0.05) is 41.6 Å². The Balaban J connectivity index is 1.70. The molecular weight excluding hydrogens is 693 g/mol. The van der Waals surface area contributed by atoms with Gasteiger partial charge in [0.15, 0.2) is 0 Å². The molecule has 0 saturated carbocycles. The van der Waals surface area contributed by atoms with Gasteiger partial charge in [0.1, 0.15) is 18.4 Å². The summed E-state index contributed by atoms with van der Waals surface area (Å²) in [6.45, 7) is 6.59. The largest absolute Gasteiger partial charge is 0.464 e. The van der Waals surface area contributed by atoms with Crippen LogP contribution in [0.25, 0.3) is 27.7 Å². The number of hydrogen-bond acceptors (Lipinski definition) is 7. The average Bonchev–Trinajstić information content (AvgIpc) is 3.38. The molecule has 54 heavy (non-hydrogen) atoms. The van der Waals surface area contributed by atoms with Crippen molar-refractivity contribution >= 4 is 28.2 Å². The van der Waals surface area contributed by atoms with Crippen LogP contribution in [-0.4, -0.2) is 60.3 Å². The fourth-order valence-corrected chi connectivity index (χ4v) is 8.22. The van der Waals surface area contributed by atoms with Crippen LogP contribution in [0.2, 0.25) is 0 Å². The van der Waals surface area contributed by atoms with Gasteiger partial charge in [0.25, 0.3) is 0 Å². The maximum Gasteiger partial charge on any atom is 0.406 e. The van der Waals surface area contributed by atoms with E-state index in [-0.39, 0.29) is 18.4 Å². The van der Waals surface area contributed by atoms with Crippen molar-refractivity contribution < 1.29 is 32.2 Å². The van der Waals surface area contributed by atoms with E-state index < -0.39 is 36.3 Å². The summed E-state index contributed by atoms with van der Waals surface area (Å²) in [6.07, 6.45) is 7.78. The summed E-state index contributed by atoms with van der Waals surface area (Å²) in [5.74, 6) is 0.0236. The molecule has 3 heterocycles. The van der Waals surface area contributed by atoms with Gasteiger partial charge in [0.2, 0.25) is 0 Å². The van der Waals surface area contributed by atoms with E-state index in [1.165, 1.54) is 4.57 Å². The number of carbonyl (C=O) groups is 2. The molecule has 0 spiro atoms. The Morgan fingerprint density at radius 3 is 2.59 bits per heavy atom. The van der Waals surface area contributed by atoms with Crippen molar-refractivity contribution in [3.8, 4) is 11.3 Å². The minimum atomic E-state index is -4.51. The van der Waals surface area contributed by atoms with Crippen LogP contribution < -0.4 is 11.1 Å². The Morgan fingerprint density at radius 1 is 1.09 bits per heavy atom. The normalized spacial score (nSPS) is 24.2. The van der Waals surface area contributed by atoms with E-state index in [9.17, 15) is 22.8 Å². The van der Waals surface area contributed by atoms with E-state index >= 15 is 0 Å². The van der Waals surface area contributed by atoms with Crippen LogP contribution in [0.3, 0.4) is 0 Å². The highest BCUT2D eigenvalue weighted by atomic mass is 19.4. The summed E-state index contributed by atoms with van der Waals surface area (Å²) in [6, 6.07) is 6.69. The van der Waals surface area contributed by atoms with Crippen LogP contribution >= 0.6 is 0 Å². The number of nitrogens with one attached hydrogen (secondary N) is 1. The second-order valence-corrected chi connectivity index (χ2v) is 16.3. The van der Waals surface area contributed by atoms with Gasteiger partial charge in [0.05, 0.1) is 30.1 Å². The lowest BCUT2D eigenvalue weighted by molar-refractivity contribution is -0.149. The molecule has 4 bridgehead atoms. The number of Topliss-reactive ketones (excluding diaryl/α,β-unsaturated/α-hetero) is 1. The zero-order valence-corrected chi connectivity index (χ0v) is 32.9. The highest BCUT2D eigenvalue weighted by Gasteiger charge is 2.35. The highest BCUT2D eigenvalue weighted by Crippen LogP contribution is 2.43. The highest BCUT2D eigenvalue weighted by molar-refractivity contribution is 5.95. The third-order valence-corrected chi connectivity index (χ3v) is 11.3. The summed E-state index contributed by atoms with van der Waals surface area (Å²) < 4.78 is 56.8. The molecule has 0 saturated heterocycles. The lowest BCUT2D eigenvalue weighted by Crippen LogP contribution is -2.37. The number of rotatable bonds is 5. The van der Waals surface area contributed by atoms with Crippen molar-refractivity contribution in [3.05, 3.63) is 58.9 Å². The number of carbonyl (C=O) groups excluding carboxylic acids is 2. The molecule has 296 valence electrons. The monoisotopic (exact) mass is 752 g/mol. The fourth-order valence-electron chi connectivity index (χ4n) is 8.22. The lowest BCUT2D eigenvalue weighted by Gasteiger charge is -2.27. The molecule has 2 aliphatic rings. The minimum Gasteiger partial charge on any atom is -0.464 e. The molecular formula is C43H59F3N4O4. The molecule has 4 atom stereocenters. The fraction of sp³-hybridized carbons (Fsp3) is 0.605. The van der Waals surface area contributed by atoms with Gasteiger partial charge in [-0.1, -0.05) is 45.3 Å². The molecule has 8 nitrogen and oxygen atoms in total. The number of methoxy groups -OCH3 is 1. The van der Waals surface area contributed by atoms with Crippen molar-refractivity contribution in [1.29, 1.82) is 0 Å². The number of aromatic nitrogens is 2. The molecule has 0 radical (unpaired) electrons. The Labute approximate surface area is 318 Å². The number of nitrogens with zero attached hydrogens (tertiary/aromatic N) is 2. The number of fused-ring (bicyclic) bond motifs is 5. The van der Waals surface area contributed by atoms with Crippen LogP contribution in [0.1, 0.15) is 120 Å². The number of hydrogen-bond donors (Lipinski definition) is 2. The van der Waals surface area contributed by atoms with Crippen LogP contribution in [-0.2, 0) is 32.0 Å². The molecule has 1 aliphatic carbocycles. The van der Waals surface area contributed by atoms with E-state index in [4.69, 9.17) is 20.2 Å². The topological polar surface area (TPSA) is 108 Å². The Morgan fingerprint density at radius 2 is 1.87 bits per heavy atom. The lowest BCUT2D eigenvalue weighted by atomic mass is 9.82. The van der Waals surface area contributed by atoms with E-state index in [1.54, 1.807) is 20.4 Å². The van der Waals surface area contributed by atoms with Crippen LogP contribution in [0.4, 0.5) is 13.2 Å². The van der Waals surface area contributed by atoms with Crippen molar-refractivity contribution in [2.45, 2.75) is 136 Å². The zero-order valence-electron chi connectivity index (χ0n) is 32.9. The molecule has 0 amide bonds. The molecule has 1 unspecified atom stereocenters. The standard InChI is InChI=1S/C43H59F3N4O4/c1-27-20-33(39(49-24-27)28(2)53-6)40-34-23-42(3,4)26-54-41(52)36(48-5)14-8-7-9-15-38(51)35(47)21-29-12-10-11-13-30(17-16-29)31-18-19-37(32(34)22-31)50(40)25-43(44,45)46/h13,18-20,22,24,28-29,35-36,48H,7-12,14-17,21,23,25-26,47H2,1-6H3/b30-13+/t28-,29?,35-,36-/m0/s1. The number of likely N-dealkylation sites (N-methyl/N-ethyl adjacent to an activating group) is 1. The van der Waals surface area contributed by atoms with Gasteiger partial charge in [-0.2, -0.15) is 13.2 Å². The van der Waals surface area contributed by atoms with Crippen molar-refractivity contribution in [2.75, 3.05) is 20.8 Å². The molecule has 3 aromatic rings. The first-order valence-corrected chi connectivity index (χ1v) is 19.6. The Bertz CT molecular complexity index is 1810. The molecule has 3 N–H and O–H groups in total. The first-order chi connectivity index (χ1) is 25.6. The molecule has 2 aromatic heterocycles. The van der Waals surface area contributed by atoms with Crippen LogP contribution in [0.5, 0.6) is 0 Å². The number of halogens is 3. The predicted octanol–water partition coefficient (Wildman–Crippen LogP) is 9.20. The first kappa shape index (κ1) is 41.6. The third kappa shape index (κ3) is 10.4. The summed E-state index contributed by atoms with van der Waals surface area (Å²) in [4.78, 5) is 31.1. The van der Waals surface area contributed by atoms with Gasteiger partial charge in [-0.3, -0.25) is 14.6 Å². The van der Waals surface area contributed by atoms with Crippen LogP contribution in [0.15, 0.2) is 36.5 Å². The maximum absolute atomic E-state index is 14.6. The molecule has 1 aromatic carbocycles. The van der Waals surface area contributed by atoms with E-state index in [0.717, 1.165) is 79.0 Å². The summed E-state index contributed by atoms with van der Waals surface area (Å²) in [5, 5.41) is 3.81. The SMILES string of the molecule is CN[C@H]1CCCCCC(=O)[C@@H](N)CC2CCC/C=C(\CC2)c2ccc3c(c2)c(c(-c2cc(C)cnc2[C@H](C)OC)n3CC(F)(F)F)CC(C)(C)COC1=O. The van der Waals surface area contributed by atoms with Gasteiger partial charge in [-0.05, 0) is 119 Å². The predicted molar refractivity (Wildman–Crippen MR) is 208 cm³/mol. The van der Waals surface area contributed by atoms with E-state index in [1.807, 2.05) is 52.0 Å². The van der Waals surface area contributed by atoms with Crippen molar-refractivity contribution in [1.82, 2.24) is 14.9 Å². The molecule has 11 heteroatoms. The number of esters is 1. The van der Waals surface area contributed by atoms with Gasteiger partial charge in [-0.15, -0.1) is 0 Å². The van der Waals surface area contributed by atoms with Gasteiger partial charge in [-0.25, -0.2) is 0 Å². The number of aryl methyl sites for hydroxylation is 1. The van der Waals surface area contributed by atoms with Gasteiger partial charge < -0.3 is 25.1 Å². The van der Waals surface area contributed by atoms with E-state index in [0.29, 0.717) is 54.1 Å². The van der Waals surface area contributed by atoms with E-state index in [2.05, 4.69) is 11.4 Å². The second-order valence-electron chi connectivity index (χ2n) is 16.3.